The summed E-state index contributed by atoms with van der Waals surface area (Å²) in [4.78, 5) is 23.1. The van der Waals surface area contributed by atoms with E-state index in [-0.39, 0.29) is 18.4 Å². The second-order valence-corrected chi connectivity index (χ2v) is 5.23. The van der Waals surface area contributed by atoms with E-state index in [9.17, 15) is 9.59 Å². The van der Waals surface area contributed by atoms with Crippen molar-refractivity contribution in [3.8, 4) is 5.75 Å². The van der Waals surface area contributed by atoms with Crippen LogP contribution in [-0.4, -0.2) is 25.0 Å². The zero-order chi connectivity index (χ0) is 13.4. The van der Waals surface area contributed by atoms with Crippen molar-refractivity contribution in [2.45, 2.75) is 13.3 Å². The summed E-state index contributed by atoms with van der Waals surface area (Å²) in [7, 11) is 0. The van der Waals surface area contributed by atoms with Gasteiger partial charge >= 0.3 is 0 Å². The van der Waals surface area contributed by atoms with Crippen molar-refractivity contribution < 1.29 is 14.3 Å². The maximum atomic E-state index is 12.0. The molecule has 1 saturated carbocycles. The number of benzene rings is 1. The topological polar surface area (TPSA) is 67.4 Å². The highest BCUT2D eigenvalue weighted by Gasteiger charge is 2.32. The highest BCUT2D eigenvalue weighted by molar-refractivity contribution is 5.98. The van der Waals surface area contributed by atoms with Gasteiger partial charge in [-0.2, -0.15) is 0 Å². The molecule has 5 nitrogen and oxygen atoms in total. The van der Waals surface area contributed by atoms with Crippen LogP contribution in [0.5, 0.6) is 5.75 Å². The van der Waals surface area contributed by atoms with Crippen LogP contribution >= 0.6 is 0 Å². The number of carbonyl (C=O) groups is 2. The van der Waals surface area contributed by atoms with Crippen molar-refractivity contribution in [3.05, 3.63) is 23.8 Å². The Kier molecular flexibility index (Phi) is 2.89. The number of fused-ring (bicyclic) bond motifs is 1. The van der Waals surface area contributed by atoms with Crippen molar-refractivity contribution in [1.82, 2.24) is 5.32 Å². The van der Waals surface area contributed by atoms with Gasteiger partial charge < -0.3 is 15.4 Å². The molecule has 2 N–H and O–H groups in total. The van der Waals surface area contributed by atoms with Gasteiger partial charge in [0.25, 0.3) is 11.8 Å². The van der Waals surface area contributed by atoms with Gasteiger partial charge in [-0.1, -0.05) is 6.92 Å². The van der Waals surface area contributed by atoms with E-state index in [1.165, 1.54) is 6.42 Å². The summed E-state index contributed by atoms with van der Waals surface area (Å²) < 4.78 is 5.29. The van der Waals surface area contributed by atoms with E-state index in [0.717, 1.165) is 12.5 Å². The van der Waals surface area contributed by atoms with Crippen LogP contribution in [0.15, 0.2) is 18.2 Å². The van der Waals surface area contributed by atoms with Crippen molar-refractivity contribution in [2.24, 2.45) is 11.8 Å². The van der Waals surface area contributed by atoms with E-state index < -0.39 is 0 Å². The molecule has 5 heteroatoms. The molecule has 2 aliphatic rings. The number of hydrogen-bond donors (Lipinski definition) is 2. The lowest BCUT2D eigenvalue weighted by molar-refractivity contribution is -0.118. The fourth-order valence-electron chi connectivity index (χ4n) is 2.23. The summed E-state index contributed by atoms with van der Waals surface area (Å²) in [6.07, 6.45) is 1.19. The average molecular weight is 260 g/mol. The molecule has 0 spiro atoms. The summed E-state index contributed by atoms with van der Waals surface area (Å²) in [5, 5.41) is 5.62. The number of rotatable bonds is 3. The van der Waals surface area contributed by atoms with Crippen molar-refractivity contribution in [1.29, 1.82) is 0 Å². The maximum Gasteiger partial charge on any atom is 0.262 e. The third kappa shape index (κ3) is 2.54. The van der Waals surface area contributed by atoms with Crippen LogP contribution in [0.4, 0.5) is 5.69 Å². The van der Waals surface area contributed by atoms with Gasteiger partial charge in [0.2, 0.25) is 0 Å². The fraction of sp³-hybridized carbons (Fsp3) is 0.429. The van der Waals surface area contributed by atoms with Crippen LogP contribution in [0.1, 0.15) is 23.7 Å². The zero-order valence-electron chi connectivity index (χ0n) is 10.7. The summed E-state index contributed by atoms with van der Waals surface area (Å²) in [6, 6.07) is 5.06. The molecule has 0 unspecified atom stereocenters. The van der Waals surface area contributed by atoms with Crippen LogP contribution in [-0.2, 0) is 4.79 Å². The smallest absolute Gasteiger partial charge is 0.262 e. The van der Waals surface area contributed by atoms with Crippen LogP contribution in [0, 0.1) is 11.8 Å². The van der Waals surface area contributed by atoms with Gasteiger partial charge in [0.15, 0.2) is 6.61 Å². The SMILES string of the molecule is C[C@H]1C[C@H]1CNC(=O)c1ccc2c(c1)OCC(=O)N2. The monoisotopic (exact) mass is 260 g/mol. The molecule has 100 valence electrons. The maximum absolute atomic E-state index is 12.0. The second kappa shape index (κ2) is 4.57. The fourth-order valence-corrected chi connectivity index (χ4v) is 2.23. The van der Waals surface area contributed by atoms with Crippen LogP contribution in [0.3, 0.4) is 0 Å². The Balaban J connectivity index is 1.67. The molecule has 1 aromatic rings. The molecule has 1 heterocycles. The molecular formula is C14H16N2O3. The predicted molar refractivity (Wildman–Crippen MR) is 70.2 cm³/mol. The minimum Gasteiger partial charge on any atom is -0.482 e. The summed E-state index contributed by atoms with van der Waals surface area (Å²) in [6.45, 7) is 2.92. The van der Waals surface area contributed by atoms with Gasteiger partial charge in [-0.3, -0.25) is 9.59 Å². The van der Waals surface area contributed by atoms with Crippen LogP contribution < -0.4 is 15.4 Å². The average Bonchev–Trinajstić information content (AvgIpc) is 3.11. The third-order valence-corrected chi connectivity index (χ3v) is 3.68. The minimum atomic E-state index is -0.174. The Hall–Kier alpha value is -2.04. The van der Waals surface area contributed by atoms with E-state index in [2.05, 4.69) is 17.6 Å². The Morgan fingerprint density at radius 1 is 1.53 bits per heavy atom. The summed E-state index contributed by atoms with van der Waals surface area (Å²) in [5.74, 6) is 1.63. The number of ether oxygens (including phenoxy) is 1. The molecule has 1 aromatic carbocycles. The van der Waals surface area contributed by atoms with Crippen LogP contribution in [0.2, 0.25) is 0 Å². The highest BCUT2D eigenvalue weighted by atomic mass is 16.5. The Morgan fingerprint density at radius 3 is 3.05 bits per heavy atom. The molecule has 2 atom stereocenters. The molecule has 1 aliphatic carbocycles. The molecule has 0 radical (unpaired) electrons. The van der Waals surface area contributed by atoms with Gasteiger partial charge in [0, 0.05) is 12.1 Å². The highest BCUT2D eigenvalue weighted by Crippen LogP contribution is 2.36. The van der Waals surface area contributed by atoms with Gasteiger partial charge in [0.05, 0.1) is 5.69 Å². The molecule has 1 fully saturated rings. The molecule has 0 aromatic heterocycles. The standard InChI is InChI=1S/C14H16N2O3/c1-8-4-10(8)6-15-14(18)9-2-3-11-12(5-9)19-7-13(17)16-11/h2-3,5,8,10H,4,6-7H2,1H3,(H,15,18)(H,16,17)/t8-,10-/m0/s1. The quantitative estimate of drug-likeness (QED) is 0.863. The molecule has 0 saturated heterocycles. The number of amides is 2. The lowest BCUT2D eigenvalue weighted by atomic mass is 10.1. The zero-order valence-corrected chi connectivity index (χ0v) is 10.7. The summed E-state index contributed by atoms with van der Waals surface area (Å²) in [5.41, 5.74) is 1.17. The van der Waals surface area contributed by atoms with E-state index in [0.29, 0.717) is 22.9 Å². The molecule has 2 amide bonds. The number of anilines is 1. The lowest BCUT2D eigenvalue weighted by Crippen LogP contribution is -2.27. The van der Waals surface area contributed by atoms with Crippen molar-refractivity contribution >= 4 is 17.5 Å². The molecule has 19 heavy (non-hydrogen) atoms. The Morgan fingerprint density at radius 2 is 2.32 bits per heavy atom. The van der Waals surface area contributed by atoms with Gasteiger partial charge in [0.1, 0.15) is 5.75 Å². The van der Waals surface area contributed by atoms with Gasteiger partial charge in [-0.05, 0) is 36.5 Å². The van der Waals surface area contributed by atoms with Gasteiger partial charge in [-0.25, -0.2) is 0 Å². The molecule has 0 bridgehead atoms. The van der Waals surface area contributed by atoms with E-state index in [1.54, 1.807) is 18.2 Å². The van der Waals surface area contributed by atoms with Crippen molar-refractivity contribution in [2.75, 3.05) is 18.5 Å². The predicted octanol–water partition coefficient (Wildman–Crippen LogP) is 1.40. The van der Waals surface area contributed by atoms with Crippen LogP contribution in [0.25, 0.3) is 0 Å². The lowest BCUT2D eigenvalue weighted by Gasteiger charge is -2.18. The first-order valence-electron chi connectivity index (χ1n) is 6.48. The molecule has 1 aliphatic heterocycles. The van der Waals surface area contributed by atoms with E-state index in [1.807, 2.05) is 0 Å². The first-order chi connectivity index (χ1) is 9.13. The van der Waals surface area contributed by atoms with E-state index >= 15 is 0 Å². The largest absolute Gasteiger partial charge is 0.482 e. The number of hydrogen-bond acceptors (Lipinski definition) is 3. The van der Waals surface area contributed by atoms with Crippen molar-refractivity contribution in [3.63, 3.8) is 0 Å². The first-order valence-corrected chi connectivity index (χ1v) is 6.48. The normalized spacial score (nSPS) is 23.9. The Labute approximate surface area is 111 Å². The number of carbonyl (C=O) groups excluding carboxylic acids is 2. The molecule has 3 rings (SSSR count). The first kappa shape index (κ1) is 12.0. The van der Waals surface area contributed by atoms with Gasteiger partial charge in [-0.15, -0.1) is 0 Å². The summed E-state index contributed by atoms with van der Waals surface area (Å²) >= 11 is 0. The third-order valence-electron chi connectivity index (χ3n) is 3.68. The Bertz CT molecular complexity index is 541. The molecular weight excluding hydrogens is 244 g/mol. The minimum absolute atomic E-state index is 0.00232. The second-order valence-electron chi connectivity index (χ2n) is 5.23. The van der Waals surface area contributed by atoms with E-state index in [4.69, 9.17) is 4.74 Å². The number of nitrogens with one attached hydrogen (secondary N) is 2.